The summed E-state index contributed by atoms with van der Waals surface area (Å²) in [5.41, 5.74) is 1.12. The number of hydrogen-bond acceptors (Lipinski definition) is 3. The molecule has 1 aliphatic heterocycles. The minimum atomic E-state index is -0.360. The predicted molar refractivity (Wildman–Crippen MR) is 100 cm³/mol. The molecule has 0 bridgehead atoms. The lowest BCUT2D eigenvalue weighted by Gasteiger charge is -2.28. The second-order valence-corrected chi connectivity index (χ2v) is 6.18. The number of nitrogens with zero attached hydrogens (tertiary/aromatic N) is 1. The van der Waals surface area contributed by atoms with Crippen LogP contribution in [0.2, 0.25) is 0 Å². The number of rotatable bonds is 5. The standard InChI is InChI=1S/C20H24FN3O2/c1-14(26-19-10-6-4-8-16(19)21)13-23-20(22-2)24-17-11-12-25-18-9-5-3-7-15(17)18/h3-10,14,17H,11-13H2,1-2H3,(H2,22,23,24). The number of benzene rings is 2. The first kappa shape index (κ1) is 18.0. The van der Waals surface area contributed by atoms with Gasteiger partial charge in [0.15, 0.2) is 17.5 Å². The van der Waals surface area contributed by atoms with Gasteiger partial charge in [-0.05, 0) is 25.1 Å². The molecular weight excluding hydrogens is 333 g/mol. The van der Waals surface area contributed by atoms with Gasteiger partial charge in [0.25, 0.3) is 0 Å². The third-order valence-electron chi connectivity index (χ3n) is 4.21. The number of guanidine groups is 1. The molecule has 2 unspecified atom stereocenters. The molecule has 138 valence electrons. The lowest BCUT2D eigenvalue weighted by atomic mass is 10.0. The molecule has 0 radical (unpaired) electrons. The minimum Gasteiger partial charge on any atom is -0.493 e. The Morgan fingerprint density at radius 3 is 2.85 bits per heavy atom. The van der Waals surface area contributed by atoms with Crippen molar-refractivity contribution in [2.24, 2.45) is 4.99 Å². The lowest BCUT2D eigenvalue weighted by molar-refractivity contribution is 0.213. The number of para-hydroxylation sites is 2. The molecule has 0 spiro atoms. The van der Waals surface area contributed by atoms with E-state index < -0.39 is 0 Å². The van der Waals surface area contributed by atoms with Crippen molar-refractivity contribution in [3.63, 3.8) is 0 Å². The highest BCUT2D eigenvalue weighted by atomic mass is 19.1. The highest BCUT2D eigenvalue weighted by Gasteiger charge is 2.22. The quantitative estimate of drug-likeness (QED) is 0.637. The zero-order chi connectivity index (χ0) is 18.4. The van der Waals surface area contributed by atoms with E-state index in [1.807, 2.05) is 25.1 Å². The van der Waals surface area contributed by atoms with Gasteiger partial charge in [-0.25, -0.2) is 4.39 Å². The highest BCUT2D eigenvalue weighted by Crippen LogP contribution is 2.31. The molecule has 0 amide bonds. The van der Waals surface area contributed by atoms with E-state index >= 15 is 0 Å². The zero-order valence-electron chi connectivity index (χ0n) is 15.0. The fourth-order valence-corrected chi connectivity index (χ4v) is 2.89. The molecule has 1 heterocycles. The average Bonchev–Trinajstić information content (AvgIpc) is 2.67. The molecule has 2 N–H and O–H groups in total. The van der Waals surface area contributed by atoms with Gasteiger partial charge in [0.05, 0.1) is 19.2 Å². The van der Waals surface area contributed by atoms with E-state index in [4.69, 9.17) is 9.47 Å². The molecule has 6 heteroatoms. The van der Waals surface area contributed by atoms with Gasteiger partial charge in [-0.1, -0.05) is 30.3 Å². The van der Waals surface area contributed by atoms with Crippen molar-refractivity contribution in [2.75, 3.05) is 20.2 Å². The zero-order valence-corrected chi connectivity index (χ0v) is 15.0. The van der Waals surface area contributed by atoms with E-state index in [0.29, 0.717) is 19.1 Å². The van der Waals surface area contributed by atoms with Crippen molar-refractivity contribution in [1.82, 2.24) is 10.6 Å². The van der Waals surface area contributed by atoms with E-state index in [0.717, 1.165) is 17.7 Å². The Labute approximate surface area is 153 Å². The number of fused-ring (bicyclic) bond motifs is 1. The molecule has 3 rings (SSSR count). The molecule has 26 heavy (non-hydrogen) atoms. The highest BCUT2D eigenvalue weighted by molar-refractivity contribution is 5.80. The van der Waals surface area contributed by atoms with Gasteiger partial charge in [0.1, 0.15) is 11.9 Å². The van der Waals surface area contributed by atoms with E-state index in [-0.39, 0.29) is 23.7 Å². The Bertz CT molecular complexity index is 766. The van der Waals surface area contributed by atoms with Crippen molar-refractivity contribution >= 4 is 5.96 Å². The Morgan fingerprint density at radius 1 is 1.27 bits per heavy atom. The SMILES string of the molecule is CN=C(NCC(C)Oc1ccccc1F)NC1CCOc2ccccc21. The van der Waals surface area contributed by atoms with Crippen molar-refractivity contribution in [3.8, 4) is 11.5 Å². The van der Waals surface area contributed by atoms with E-state index in [9.17, 15) is 4.39 Å². The largest absolute Gasteiger partial charge is 0.493 e. The minimum absolute atomic E-state index is 0.133. The molecule has 1 aliphatic rings. The van der Waals surface area contributed by atoms with Crippen molar-refractivity contribution < 1.29 is 13.9 Å². The van der Waals surface area contributed by atoms with Gasteiger partial charge in [-0.3, -0.25) is 4.99 Å². The maximum atomic E-state index is 13.7. The normalized spacial score (nSPS) is 17.7. The maximum absolute atomic E-state index is 13.7. The van der Waals surface area contributed by atoms with Crippen molar-refractivity contribution in [1.29, 1.82) is 0 Å². The molecular formula is C20H24FN3O2. The number of hydrogen-bond donors (Lipinski definition) is 2. The van der Waals surface area contributed by atoms with Crippen molar-refractivity contribution in [3.05, 3.63) is 59.9 Å². The summed E-state index contributed by atoms with van der Waals surface area (Å²) in [6.07, 6.45) is 0.645. The van der Waals surface area contributed by atoms with Crippen LogP contribution < -0.4 is 20.1 Å². The first-order valence-electron chi connectivity index (χ1n) is 8.77. The van der Waals surface area contributed by atoms with Gasteiger partial charge in [0, 0.05) is 19.0 Å². The molecule has 2 aromatic rings. The van der Waals surface area contributed by atoms with Crippen LogP contribution in [0.3, 0.4) is 0 Å². The van der Waals surface area contributed by atoms with Crippen LogP contribution in [0.5, 0.6) is 11.5 Å². The topological polar surface area (TPSA) is 54.9 Å². The van der Waals surface area contributed by atoms with Gasteiger partial charge in [-0.15, -0.1) is 0 Å². The van der Waals surface area contributed by atoms with Crippen LogP contribution in [-0.2, 0) is 0 Å². The smallest absolute Gasteiger partial charge is 0.191 e. The second-order valence-electron chi connectivity index (χ2n) is 6.18. The second kappa shape index (κ2) is 8.56. The molecule has 0 saturated carbocycles. The number of halogens is 1. The molecule has 0 aromatic heterocycles. The number of aliphatic imine (C=N–C) groups is 1. The van der Waals surface area contributed by atoms with Gasteiger partial charge in [0.2, 0.25) is 0 Å². The van der Waals surface area contributed by atoms with Crippen LogP contribution in [0, 0.1) is 5.82 Å². The van der Waals surface area contributed by atoms with Crippen LogP contribution in [0.15, 0.2) is 53.5 Å². The van der Waals surface area contributed by atoms with E-state index in [1.165, 1.54) is 6.07 Å². The molecule has 0 aliphatic carbocycles. The maximum Gasteiger partial charge on any atom is 0.191 e. The Balaban J connectivity index is 1.55. The first-order chi connectivity index (χ1) is 12.7. The van der Waals surface area contributed by atoms with Crippen LogP contribution in [0.4, 0.5) is 4.39 Å². The molecule has 2 atom stereocenters. The van der Waals surface area contributed by atoms with Gasteiger partial charge in [-0.2, -0.15) is 0 Å². The first-order valence-corrected chi connectivity index (χ1v) is 8.77. The van der Waals surface area contributed by atoms with Crippen LogP contribution >= 0.6 is 0 Å². The fourth-order valence-electron chi connectivity index (χ4n) is 2.89. The summed E-state index contributed by atoms with van der Waals surface area (Å²) in [6.45, 7) is 3.05. The van der Waals surface area contributed by atoms with Crippen molar-refractivity contribution in [2.45, 2.75) is 25.5 Å². The van der Waals surface area contributed by atoms with Gasteiger partial charge < -0.3 is 20.1 Å². The van der Waals surface area contributed by atoms with Crippen LogP contribution in [0.1, 0.15) is 24.9 Å². The summed E-state index contributed by atoms with van der Waals surface area (Å²) in [4.78, 5) is 4.28. The molecule has 2 aromatic carbocycles. The molecule has 0 saturated heterocycles. The lowest BCUT2D eigenvalue weighted by Crippen LogP contribution is -2.44. The van der Waals surface area contributed by atoms with Crippen LogP contribution in [0.25, 0.3) is 0 Å². The fraction of sp³-hybridized carbons (Fsp3) is 0.350. The summed E-state index contributed by atoms with van der Waals surface area (Å²) in [5, 5.41) is 6.66. The molecule has 5 nitrogen and oxygen atoms in total. The third-order valence-corrected chi connectivity index (χ3v) is 4.21. The Hall–Kier alpha value is -2.76. The molecule has 0 fully saturated rings. The summed E-state index contributed by atoms with van der Waals surface area (Å²) in [6, 6.07) is 14.5. The van der Waals surface area contributed by atoms with E-state index in [2.05, 4.69) is 21.7 Å². The van der Waals surface area contributed by atoms with Crippen LogP contribution in [-0.4, -0.2) is 32.3 Å². The summed E-state index contributed by atoms with van der Waals surface area (Å²) < 4.78 is 25.0. The number of nitrogens with one attached hydrogen (secondary N) is 2. The third kappa shape index (κ3) is 4.45. The number of ether oxygens (including phenoxy) is 2. The summed E-state index contributed by atoms with van der Waals surface area (Å²) >= 11 is 0. The predicted octanol–water partition coefficient (Wildman–Crippen LogP) is 3.28. The summed E-state index contributed by atoms with van der Waals surface area (Å²) in [5.74, 6) is 1.47. The van der Waals surface area contributed by atoms with Gasteiger partial charge >= 0.3 is 0 Å². The Morgan fingerprint density at radius 2 is 2.04 bits per heavy atom. The Kier molecular flexibility index (Phi) is 5.94. The van der Waals surface area contributed by atoms with E-state index in [1.54, 1.807) is 25.2 Å². The summed E-state index contributed by atoms with van der Waals surface area (Å²) in [7, 11) is 1.73. The average molecular weight is 357 g/mol. The monoisotopic (exact) mass is 357 g/mol.